The zero-order valence-electron chi connectivity index (χ0n) is 8.44. The minimum absolute atomic E-state index is 0.720. The van der Waals surface area contributed by atoms with E-state index in [1.54, 1.807) is 12.7 Å². The standard InChI is InChI=1S/C10H11N5/c1-7-2-3-15(4-7)10-8-9(12-5-11-8)13-6-14-10/h4-6H,2-3H2,1H3,(H,11,12,13,14). The molecule has 0 atom stereocenters. The van der Waals surface area contributed by atoms with Gasteiger partial charge in [-0.15, -0.1) is 0 Å². The van der Waals surface area contributed by atoms with Crippen LogP contribution in [0.4, 0.5) is 5.82 Å². The molecule has 3 rings (SSSR count). The SMILES string of the molecule is CC1=CN(c2ncnc3nc[nH]c23)CC1. The molecule has 2 aromatic heterocycles. The zero-order chi connectivity index (χ0) is 10.3. The van der Waals surface area contributed by atoms with E-state index in [4.69, 9.17) is 0 Å². The van der Waals surface area contributed by atoms with Crippen molar-refractivity contribution < 1.29 is 0 Å². The first kappa shape index (κ1) is 8.40. The van der Waals surface area contributed by atoms with E-state index in [9.17, 15) is 0 Å². The lowest BCUT2D eigenvalue weighted by Gasteiger charge is -2.13. The van der Waals surface area contributed by atoms with Crippen LogP contribution in [-0.2, 0) is 0 Å². The van der Waals surface area contributed by atoms with E-state index in [1.807, 2.05) is 0 Å². The average Bonchev–Trinajstić information content (AvgIpc) is 2.84. The van der Waals surface area contributed by atoms with Gasteiger partial charge in [-0.05, 0) is 13.3 Å². The Hall–Kier alpha value is -1.91. The van der Waals surface area contributed by atoms with Crippen molar-refractivity contribution in [1.82, 2.24) is 19.9 Å². The second-order valence-electron chi connectivity index (χ2n) is 3.72. The zero-order valence-corrected chi connectivity index (χ0v) is 8.44. The van der Waals surface area contributed by atoms with Crippen LogP contribution in [-0.4, -0.2) is 26.5 Å². The molecule has 15 heavy (non-hydrogen) atoms. The molecule has 5 heteroatoms. The highest BCUT2D eigenvalue weighted by atomic mass is 15.2. The summed E-state index contributed by atoms with van der Waals surface area (Å²) in [5.41, 5.74) is 3.00. The fourth-order valence-corrected chi connectivity index (χ4v) is 1.83. The lowest BCUT2D eigenvalue weighted by atomic mass is 10.3. The molecule has 0 aliphatic carbocycles. The summed E-state index contributed by atoms with van der Waals surface area (Å²) < 4.78 is 0. The Kier molecular flexibility index (Phi) is 1.71. The first-order chi connectivity index (χ1) is 7.34. The number of aromatic nitrogens is 4. The minimum atomic E-state index is 0.720. The van der Waals surface area contributed by atoms with Crippen LogP contribution in [0.3, 0.4) is 0 Å². The lowest BCUT2D eigenvalue weighted by Crippen LogP contribution is -2.14. The molecule has 0 unspecified atom stereocenters. The molecule has 0 saturated carbocycles. The molecule has 0 radical (unpaired) electrons. The van der Waals surface area contributed by atoms with Gasteiger partial charge in [0.1, 0.15) is 11.8 Å². The molecule has 0 saturated heterocycles. The summed E-state index contributed by atoms with van der Waals surface area (Å²) in [6.45, 7) is 3.11. The molecule has 1 N–H and O–H groups in total. The summed E-state index contributed by atoms with van der Waals surface area (Å²) >= 11 is 0. The Bertz CT molecular complexity index is 527. The molecule has 5 nitrogen and oxygen atoms in total. The molecule has 0 aromatic carbocycles. The average molecular weight is 201 g/mol. The Labute approximate surface area is 86.9 Å². The van der Waals surface area contributed by atoms with E-state index in [0.717, 1.165) is 29.9 Å². The van der Waals surface area contributed by atoms with Gasteiger partial charge in [0.05, 0.1) is 6.33 Å². The minimum Gasteiger partial charge on any atom is -0.340 e. The molecule has 0 bridgehead atoms. The Morgan fingerprint density at radius 3 is 3.07 bits per heavy atom. The maximum atomic E-state index is 4.29. The number of rotatable bonds is 1. The van der Waals surface area contributed by atoms with Crippen LogP contribution >= 0.6 is 0 Å². The van der Waals surface area contributed by atoms with Crippen LogP contribution in [0.15, 0.2) is 24.4 Å². The maximum absolute atomic E-state index is 4.29. The third-order valence-electron chi connectivity index (χ3n) is 2.60. The van der Waals surface area contributed by atoms with Gasteiger partial charge in [-0.3, -0.25) is 0 Å². The largest absolute Gasteiger partial charge is 0.340 e. The highest BCUT2D eigenvalue weighted by Crippen LogP contribution is 2.24. The smallest absolute Gasteiger partial charge is 0.182 e. The molecule has 3 heterocycles. The number of nitrogens with one attached hydrogen (secondary N) is 1. The van der Waals surface area contributed by atoms with Gasteiger partial charge < -0.3 is 9.88 Å². The lowest BCUT2D eigenvalue weighted by molar-refractivity contribution is 0.955. The van der Waals surface area contributed by atoms with Crippen molar-refractivity contribution in [3.63, 3.8) is 0 Å². The summed E-state index contributed by atoms with van der Waals surface area (Å²) in [6.07, 6.45) is 6.43. The van der Waals surface area contributed by atoms with Crippen LogP contribution in [0.25, 0.3) is 11.2 Å². The molecule has 76 valence electrons. The number of hydrogen-bond acceptors (Lipinski definition) is 4. The van der Waals surface area contributed by atoms with Crippen molar-refractivity contribution >= 4 is 17.0 Å². The molecule has 1 aliphatic rings. The predicted molar refractivity (Wildman–Crippen MR) is 57.4 cm³/mol. The maximum Gasteiger partial charge on any atom is 0.182 e. The van der Waals surface area contributed by atoms with Crippen LogP contribution in [0, 0.1) is 0 Å². The number of nitrogens with zero attached hydrogens (tertiary/aromatic N) is 4. The number of anilines is 1. The van der Waals surface area contributed by atoms with Gasteiger partial charge in [0, 0.05) is 12.7 Å². The Morgan fingerprint density at radius 2 is 2.27 bits per heavy atom. The van der Waals surface area contributed by atoms with Gasteiger partial charge in [0.25, 0.3) is 0 Å². The van der Waals surface area contributed by atoms with E-state index in [1.165, 1.54) is 5.57 Å². The number of H-pyrrole nitrogens is 1. The fraction of sp³-hybridized carbons (Fsp3) is 0.300. The molecule has 1 aliphatic heterocycles. The number of imidazole rings is 1. The summed E-state index contributed by atoms with van der Waals surface area (Å²) in [6, 6.07) is 0. The van der Waals surface area contributed by atoms with Gasteiger partial charge in [-0.25, -0.2) is 15.0 Å². The van der Waals surface area contributed by atoms with E-state index < -0.39 is 0 Å². The molecule has 2 aromatic rings. The van der Waals surface area contributed by atoms with E-state index in [2.05, 4.69) is 38.0 Å². The highest BCUT2D eigenvalue weighted by Gasteiger charge is 2.16. The van der Waals surface area contributed by atoms with E-state index >= 15 is 0 Å². The second-order valence-corrected chi connectivity index (χ2v) is 3.72. The topological polar surface area (TPSA) is 57.7 Å². The highest BCUT2D eigenvalue weighted by molar-refractivity contribution is 5.83. The number of aromatic amines is 1. The summed E-state index contributed by atoms with van der Waals surface area (Å²) in [5, 5.41) is 0. The van der Waals surface area contributed by atoms with Crippen LogP contribution in [0.5, 0.6) is 0 Å². The van der Waals surface area contributed by atoms with Crippen molar-refractivity contribution in [2.75, 3.05) is 11.4 Å². The predicted octanol–water partition coefficient (Wildman–Crippen LogP) is 1.47. The molecule has 0 amide bonds. The van der Waals surface area contributed by atoms with Crippen LogP contribution in [0.2, 0.25) is 0 Å². The third-order valence-corrected chi connectivity index (χ3v) is 2.60. The van der Waals surface area contributed by atoms with Crippen molar-refractivity contribution in [1.29, 1.82) is 0 Å². The molecular formula is C10H11N5. The van der Waals surface area contributed by atoms with E-state index in [-0.39, 0.29) is 0 Å². The van der Waals surface area contributed by atoms with Gasteiger partial charge in [-0.1, -0.05) is 5.57 Å². The van der Waals surface area contributed by atoms with Crippen LogP contribution in [0.1, 0.15) is 13.3 Å². The van der Waals surface area contributed by atoms with Gasteiger partial charge in [0.2, 0.25) is 0 Å². The monoisotopic (exact) mass is 201 g/mol. The quantitative estimate of drug-likeness (QED) is 0.759. The first-order valence-electron chi connectivity index (χ1n) is 4.92. The summed E-state index contributed by atoms with van der Waals surface area (Å²) in [4.78, 5) is 17.7. The molecule has 0 fully saturated rings. The van der Waals surface area contributed by atoms with Crippen LogP contribution < -0.4 is 4.90 Å². The Balaban J connectivity index is 2.14. The normalized spacial score (nSPS) is 16.1. The van der Waals surface area contributed by atoms with Gasteiger partial charge in [0.15, 0.2) is 11.5 Å². The van der Waals surface area contributed by atoms with Crippen molar-refractivity contribution in [2.45, 2.75) is 13.3 Å². The van der Waals surface area contributed by atoms with E-state index in [0.29, 0.717) is 0 Å². The third kappa shape index (κ3) is 1.27. The molecule has 0 spiro atoms. The van der Waals surface area contributed by atoms with Crippen molar-refractivity contribution in [3.05, 3.63) is 24.4 Å². The number of hydrogen-bond donors (Lipinski definition) is 1. The van der Waals surface area contributed by atoms with Crippen molar-refractivity contribution in [3.8, 4) is 0 Å². The number of fused-ring (bicyclic) bond motifs is 1. The molecular weight excluding hydrogens is 190 g/mol. The van der Waals surface area contributed by atoms with Gasteiger partial charge in [-0.2, -0.15) is 0 Å². The van der Waals surface area contributed by atoms with Crippen molar-refractivity contribution in [2.24, 2.45) is 0 Å². The summed E-state index contributed by atoms with van der Waals surface area (Å²) in [7, 11) is 0. The second kappa shape index (κ2) is 3.05. The van der Waals surface area contributed by atoms with Gasteiger partial charge >= 0.3 is 0 Å². The Morgan fingerprint density at radius 1 is 1.33 bits per heavy atom. The first-order valence-corrected chi connectivity index (χ1v) is 4.92. The fourth-order valence-electron chi connectivity index (χ4n) is 1.83. The summed E-state index contributed by atoms with van der Waals surface area (Å²) in [5.74, 6) is 0.911.